The van der Waals surface area contributed by atoms with Crippen LogP contribution in [-0.4, -0.2) is 34.0 Å². The third kappa shape index (κ3) is 4.06. The Bertz CT molecular complexity index is 716. The molecule has 2 aromatic rings. The maximum atomic E-state index is 12.8. The summed E-state index contributed by atoms with van der Waals surface area (Å²) in [6, 6.07) is 5.49. The molecule has 0 radical (unpaired) electrons. The van der Waals surface area contributed by atoms with Gasteiger partial charge >= 0.3 is 0 Å². The van der Waals surface area contributed by atoms with Crippen molar-refractivity contribution in [3.8, 4) is 0 Å². The van der Waals surface area contributed by atoms with Gasteiger partial charge in [0, 0.05) is 37.7 Å². The molecule has 1 atom stereocenters. The number of piperidine rings is 1. The summed E-state index contributed by atoms with van der Waals surface area (Å²) in [5.74, 6) is 1.73. The molecule has 0 aliphatic carbocycles. The third-order valence-electron chi connectivity index (χ3n) is 4.34. The van der Waals surface area contributed by atoms with Crippen LogP contribution in [-0.2, 0) is 6.42 Å². The monoisotopic (exact) mass is 350 g/mol. The first-order chi connectivity index (χ1) is 11.0. The minimum absolute atomic E-state index is 0. The molecule has 1 unspecified atom stereocenters. The predicted octanol–water partition coefficient (Wildman–Crippen LogP) is 2.79. The van der Waals surface area contributed by atoms with E-state index in [1.54, 1.807) is 13.0 Å². The average molecular weight is 351 g/mol. The van der Waals surface area contributed by atoms with E-state index in [0.717, 1.165) is 43.7 Å². The number of anilines is 1. The van der Waals surface area contributed by atoms with Crippen molar-refractivity contribution in [3.05, 3.63) is 41.0 Å². The number of halogens is 1. The molecule has 2 heterocycles. The predicted molar refractivity (Wildman–Crippen MR) is 94.2 cm³/mol. The maximum absolute atomic E-state index is 12.8. The Balaban J connectivity index is 0.00000208. The molecule has 2 N–H and O–H groups in total. The van der Waals surface area contributed by atoms with E-state index < -0.39 is 0 Å². The fraction of sp³-hybridized carbons (Fsp3) is 0.471. The first-order valence-corrected chi connectivity index (χ1v) is 7.97. The smallest absolute Gasteiger partial charge is 0.254 e. The van der Waals surface area contributed by atoms with Crippen LogP contribution in [0.25, 0.3) is 0 Å². The average Bonchev–Trinajstić information content (AvgIpc) is 2.94. The molecule has 1 aliphatic heterocycles. The maximum Gasteiger partial charge on any atom is 0.254 e. The second-order valence-corrected chi connectivity index (χ2v) is 6.27. The number of nitrogens with two attached hydrogens (primary N) is 1. The summed E-state index contributed by atoms with van der Waals surface area (Å²) in [6.07, 6.45) is 2.82. The topological polar surface area (TPSA) is 85.2 Å². The lowest BCUT2D eigenvalue weighted by atomic mass is 9.93. The summed E-state index contributed by atoms with van der Waals surface area (Å²) in [5, 5.41) is 3.96. The minimum atomic E-state index is 0. The number of hydrogen-bond acceptors (Lipinski definition) is 5. The van der Waals surface area contributed by atoms with Crippen molar-refractivity contribution in [1.82, 2.24) is 15.0 Å². The summed E-state index contributed by atoms with van der Waals surface area (Å²) in [5.41, 5.74) is 8.10. The van der Waals surface area contributed by atoms with Gasteiger partial charge in [-0.2, -0.15) is 4.98 Å². The van der Waals surface area contributed by atoms with Crippen molar-refractivity contribution in [2.75, 3.05) is 18.8 Å². The highest BCUT2D eigenvalue weighted by Gasteiger charge is 2.26. The molecule has 24 heavy (non-hydrogen) atoms. The van der Waals surface area contributed by atoms with Crippen molar-refractivity contribution in [3.63, 3.8) is 0 Å². The van der Waals surface area contributed by atoms with Gasteiger partial charge in [-0.1, -0.05) is 11.2 Å². The van der Waals surface area contributed by atoms with E-state index in [1.165, 1.54) is 0 Å². The molecule has 1 aliphatic rings. The molecule has 0 saturated carbocycles. The molecule has 1 aromatic carbocycles. The molecule has 1 saturated heterocycles. The number of rotatable bonds is 3. The van der Waals surface area contributed by atoms with Gasteiger partial charge < -0.3 is 15.2 Å². The molecule has 130 valence electrons. The van der Waals surface area contributed by atoms with Gasteiger partial charge in [-0.25, -0.2) is 0 Å². The van der Waals surface area contributed by atoms with Crippen LogP contribution in [0.1, 0.15) is 40.5 Å². The van der Waals surface area contributed by atoms with Gasteiger partial charge in [-0.3, -0.25) is 4.79 Å². The SMILES string of the molecule is Cc1nc(CC2CCCN(C(=O)c3cc(N)ccc3C)C2)no1.Cl. The summed E-state index contributed by atoms with van der Waals surface area (Å²) in [6.45, 7) is 5.24. The van der Waals surface area contributed by atoms with Crippen LogP contribution in [0.2, 0.25) is 0 Å². The molecule has 3 rings (SSSR count). The van der Waals surface area contributed by atoms with E-state index in [9.17, 15) is 4.79 Å². The number of likely N-dealkylation sites (tertiary alicyclic amines) is 1. The van der Waals surface area contributed by atoms with Crippen LogP contribution in [0.3, 0.4) is 0 Å². The highest BCUT2D eigenvalue weighted by Crippen LogP contribution is 2.23. The fourth-order valence-electron chi connectivity index (χ4n) is 3.14. The molecule has 1 amide bonds. The standard InChI is InChI=1S/C17H22N4O2.ClH/c1-11-5-6-14(18)9-15(11)17(22)21-7-3-4-13(10-21)8-16-19-12(2)23-20-16;/h5-6,9,13H,3-4,7-8,10,18H2,1-2H3;1H. The van der Waals surface area contributed by atoms with E-state index in [-0.39, 0.29) is 18.3 Å². The minimum Gasteiger partial charge on any atom is -0.399 e. The van der Waals surface area contributed by atoms with Crippen LogP contribution < -0.4 is 5.73 Å². The van der Waals surface area contributed by atoms with E-state index in [2.05, 4.69) is 10.1 Å². The second kappa shape index (κ2) is 7.66. The Labute approximate surface area is 147 Å². The quantitative estimate of drug-likeness (QED) is 0.860. The molecule has 6 nitrogen and oxygen atoms in total. The largest absolute Gasteiger partial charge is 0.399 e. The van der Waals surface area contributed by atoms with E-state index >= 15 is 0 Å². The van der Waals surface area contributed by atoms with E-state index in [1.807, 2.05) is 24.0 Å². The number of aryl methyl sites for hydroxylation is 2. The van der Waals surface area contributed by atoms with Crippen molar-refractivity contribution in [1.29, 1.82) is 0 Å². The van der Waals surface area contributed by atoms with Gasteiger partial charge in [0.05, 0.1) is 0 Å². The Morgan fingerprint density at radius 1 is 1.42 bits per heavy atom. The van der Waals surface area contributed by atoms with Crippen LogP contribution in [0.4, 0.5) is 5.69 Å². The summed E-state index contributed by atoms with van der Waals surface area (Å²) < 4.78 is 5.02. The van der Waals surface area contributed by atoms with Gasteiger partial charge in [-0.05, 0) is 43.4 Å². The Kier molecular flexibility index (Phi) is 5.83. The Morgan fingerprint density at radius 2 is 2.21 bits per heavy atom. The number of hydrogen-bond donors (Lipinski definition) is 1. The molecule has 0 bridgehead atoms. The van der Waals surface area contributed by atoms with Crippen LogP contribution >= 0.6 is 12.4 Å². The van der Waals surface area contributed by atoms with Gasteiger partial charge in [-0.15, -0.1) is 12.4 Å². The summed E-state index contributed by atoms with van der Waals surface area (Å²) in [4.78, 5) is 19.0. The summed E-state index contributed by atoms with van der Waals surface area (Å²) >= 11 is 0. The number of carbonyl (C=O) groups excluding carboxylic acids is 1. The van der Waals surface area contributed by atoms with E-state index in [0.29, 0.717) is 23.1 Å². The van der Waals surface area contributed by atoms with Gasteiger partial charge in [0.15, 0.2) is 5.82 Å². The lowest BCUT2D eigenvalue weighted by Crippen LogP contribution is -2.40. The normalized spacial score (nSPS) is 17.4. The number of aromatic nitrogens is 2. The highest BCUT2D eigenvalue weighted by atomic mass is 35.5. The fourth-order valence-corrected chi connectivity index (χ4v) is 3.14. The number of nitrogen functional groups attached to an aromatic ring is 1. The second-order valence-electron chi connectivity index (χ2n) is 6.27. The molecule has 1 fully saturated rings. The molecular weight excluding hydrogens is 328 g/mol. The zero-order valence-corrected chi connectivity index (χ0v) is 14.8. The zero-order chi connectivity index (χ0) is 16.4. The van der Waals surface area contributed by atoms with E-state index in [4.69, 9.17) is 10.3 Å². The number of carbonyl (C=O) groups is 1. The summed E-state index contributed by atoms with van der Waals surface area (Å²) in [7, 11) is 0. The lowest BCUT2D eigenvalue weighted by molar-refractivity contribution is 0.0671. The number of nitrogens with zero attached hydrogens (tertiary/aromatic N) is 3. The molecule has 0 spiro atoms. The Morgan fingerprint density at radius 3 is 2.92 bits per heavy atom. The van der Waals surface area contributed by atoms with Crippen molar-refractivity contribution in [2.24, 2.45) is 5.92 Å². The van der Waals surface area contributed by atoms with Gasteiger partial charge in [0.2, 0.25) is 5.89 Å². The van der Waals surface area contributed by atoms with Crippen molar-refractivity contribution < 1.29 is 9.32 Å². The van der Waals surface area contributed by atoms with Crippen LogP contribution in [0.5, 0.6) is 0 Å². The first-order valence-electron chi connectivity index (χ1n) is 7.97. The number of benzene rings is 1. The number of amides is 1. The molecule has 7 heteroatoms. The van der Waals surface area contributed by atoms with Crippen LogP contribution in [0, 0.1) is 19.8 Å². The zero-order valence-electron chi connectivity index (χ0n) is 14.0. The van der Waals surface area contributed by atoms with Crippen LogP contribution in [0.15, 0.2) is 22.7 Å². The van der Waals surface area contributed by atoms with Gasteiger partial charge in [0.1, 0.15) is 0 Å². The van der Waals surface area contributed by atoms with Crippen molar-refractivity contribution in [2.45, 2.75) is 33.1 Å². The molecular formula is C17H23ClN4O2. The van der Waals surface area contributed by atoms with Gasteiger partial charge in [0.25, 0.3) is 5.91 Å². The Hall–Kier alpha value is -2.08. The first kappa shape index (κ1) is 18.3. The third-order valence-corrected chi connectivity index (χ3v) is 4.34. The molecule has 1 aromatic heterocycles. The lowest BCUT2D eigenvalue weighted by Gasteiger charge is -2.32. The van der Waals surface area contributed by atoms with Crippen molar-refractivity contribution >= 4 is 24.0 Å². The highest BCUT2D eigenvalue weighted by molar-refractivity contribution is 5.96.